The van der Waals surface area contributed by atoms with Crippen LogP contribution in [-0.2, 0) is 10.0 Å². The van der Waals surface area contributed by atoms with Gasteiger partial charge in [-0.3, -0.25) is 0 Å². The molecule has 32 heavy (non-hydrogen) atoms. The van der Waals surface area contributed by atoms with Crippen molar-refractivity contribution in [2.24, 2.45) is 4.99 Å². The third-order valence-corrected chi connectivity index (χ3v) is 9.23. The maximum atomic E-state index is 13.2. The number of hydrogen-bond donors (Lipinski definition) is 0. The van der Waals surface area contributed by atoms with E-state index in [1.807, 2.05) is 48.5 Å². The Balaban J connectivity index is 1.60. The molecule has 0 N–H and O–H groups in total. The first-order chi connectivity index (χ1) is 15.6. The highest BCUT2D eigenvalue weighted by atomic mass is 32.2. The van der Waals surface area contributed by atoms with Gasteiger partial charge in [0, 0.05) is 30.1 Å². The molecule has 5 nitrogen and oxygen atoms in total. The lowest BCUT2D eigenvalue weighted by Gasteiger charge is -2.25. The van der Waals surface area contributed by atoms with E-state index in [1.54, 1.807) is 21.7 Å². The third kappa shape index (κ3) is 4.34. The number of benzene rings is 2. The smallest absolute Gasteiger partial charge is 0.243 e. The van der Waals surface area contributed by atoms with Gasteiger partial charge in [-0.15, -0.1) is 11.3 Å². The maximum Gasteiger partial charge on any atom is 0.243 e. The monoisotopic (exact) mass is 467 g/mol. The van der Waals surface area contributed by atoms with Gasteiger partial charge in [-0.1, -0.05) is 49.6 Å². The minimum absolute atomic E-state index is 0.389. The Morgan fingerprint density at radius 2 is 1.62 bits per heavy atom. The van der Waals surface area contributed by atoms with Crippen LogP contribution in [0.5, 0.6) is 0 Å². The third-order valence-electron chi connectivity index (χ3n) is 6.49. The molecule has 7 heteroatoms. The number of rotatable bonds is 5. The average Bonchev–Trinajstić information content (AvgIpc) is 3.52. The lowest BCUT2D eigenvalue weighted by Crippen LogP contribution is -2.28. The van der Waals surface area contributed by atoms with Crippen molar-refractivity contribution in [1.29, 1.82) is 0 Å². The summed E-state index contributed by atoms with van der Waals surface area (Å²) in [7, 11) is -3.44. The van der Waals surface area contributed by atoms with Crippen LogP contribution in [0, 0.1) is 0 Å². The van der Waals surface area contributed by atoms with Gasteiger partial charge in [0.15, 0.2) is 4.80 Å². The van der Waals surface area contributed by atoms with E-state index in [0.717, 1.165) is 47.4 Å². The molecule has 2 aromatic carbocycles. The Labute approximate surface area is 194 Å². The Morgan fingerprint density at radius 3 is 2.38 bits per heavy atom. The Morgan fingerprint density at radius 1 is 0.875 bits per heavy atom. The summed E-state index contributed by atoms with van der Waals surface area (Å²) in [5.74, 6) is 0. The van der Waals surface area contributed by atoms with E-state index in [4.69, 9.17) is 4.99 Å². The lowest BCUT2D eigenvalue weighted by atomic mass is 9.95. The van der Waals surface area contributed by atoms with Gasteiger partial charge in [-0.25, -0.2) is 13.4 Å². The molecule has 1 saturated heterocycles. The van der Waals surface area contributed by atoms with Crippen LogP contribution in [0.2, 0.25) is 0 Å². The summed E-state index contributed by atoms with van der Waals surface area (Å²) < 4.78 is 30.3. The second-order valence-corrected chi connectivity index (χ2v) is 11.4. The highest BCUT2D eigenvalue weighted by Crippen LogP contribution is 2.33. The van der Waals surface area contributed by atoms with Crippen molar-refractivity contribution >= 4 is 27.0 Å². The fourth-order valence-electron chi connectivity index (χ4n) is 4.81. The molecule has 0 radical (unpaired) electrons. The van der Waals surface area contributed by atoms with Crippen molar-refractivity contribution in [3.63, 3.8) is 0 Å². The minimum atomic E-state index is -3.44. The molecule has 0 amide bonds. The van der Waals surface area contributed by atoms with Crippen molar-refractivity contribution in [3.8, 4) is 11.3 Å². The van der Waals surface area contributed by atoms with Gasteiger partial charge in [-0.2, -0.15) is 4.31 Å². The van der Waals surface area contributed by atoms with Gasteiger partial charge in [0.2, 0.25) is 10.0 Å². The highest BCUT2D eigenvalue weighted by Gasteiger charge is 2.28. The first-order valence-electron chi connectivity index (χ1n) is 11.5. The summed E-state index contributed by atoms with van der Waals surface area (Å²) in [5, 5.41) is 2.14. The summed E-state index contributed by atoms with van der Waals surface area (Å²) in [5.41, 5.74) is 2.95. The van der Waals surface area contributed by atoms with Crippen molar-refractivity contribution in [1.82, 2.24) is 8.87 Å². The summed E-state index contributed by atoms with van der Waals surface area (Å²) in [6.07, 6.45) is 7.88. The summed E-state index contributed by atoms with van der Waals surface area (Å²) in [6, 6.07) is 17.9. The second kappa shape index (κ2) is 9.33. The molecule has 0 unspecified atom stereocenters. The van der Waals surface area contributed by atoms with E-state index >= 15 is 0 Å². The van der Waals surface area contributed by atoms with E-state index < -0.39 is 10.0 Å². The van der Waals surface area contributed by atoms with Gasteiger partial charge < -0.3 is 4.57 Å². The molecule has 0 spiro atoms. The molecule has 5 rings (SSSR count). The number of thiazole rings is 1. The maximum absolute atomic E-state index is 13.2. The zero-order valence-corrected chi connectivity index (χ0v) is 19.8. The molecule has 0 atom stereocenters. The standard InChI is InChI=1S/C25H29N3O2S2/c29-32(30,27-16-7-8-17-27)23-15-9-10-20(18-23)24-19-31-25(26-21-11-3-1-4-12-21)28(24)22-13-5-2-6-14-22/h1,3-4,9-12,15,18-19,22H,2,5-8,13-14,16-17H2. The molecule has 2 heterocycles. The number of sulfonamides is 1. The molecule has 2 aliphatic rings. The molecule has 3 aromatic rings. The largest absolute Gasteiger partial charge is 0.313 e. The van der Waals surface area contributed by atoms with Crippen LogP contribution >= 0.6 is 11.3 Å². The van der Waals surface area contributed by atoms with Crippen molar-refractivity contribution in [2.45, 2.75) is 55.9 Å². The summed E-state index contributed by atoms with van der Waals surface area (Å²) >= 11 is 1.63. The highest BCUT2D eigenvalue weighted by molar-refractivity contribution is 7.89. The van der Waals surface area contributed by atoms with E-state index in [-0.39, 0.29) is 0 Å². The molecule has 0 bridgehead atoms. The first kappa shape index (κ1) is 21.6. The van der Waals surface area contributed by atoms with E-state index in [2.05, 4.69) is 9.95 Å². The van der Waals surface area contributed by atoms with E-state index in [0.29, 0.717) is 24.0 Å². The van der Waals surface area contributed by atoms with E-state index in [9.17, 15) is 8.42 Å². The zero-order chi connectivity index (χ0) is 22.0. The number of para-hydroxylation sites is 1. The minimum Gasteiger partial charge on any atom is -0.313 e. The SMILES string of the molecule is O=S(=O)(c1cccc(-c2csc(=Nc3ccccc3)n2C2CCCCC2)c1)N1CCCC1. The van der Waals surface area contributed by atoms with Gasteiger partial charge in [0.25, 0.3) is 0 Å². The van der Waals surface area contributed by atoms with E-state index in [1.165, 1.54) is 19.3 Å². The second-order valence-electron chi connectivity index (χ2n) is 8.65. The Kier molecular flexibility index (Phi) is 6.31. The number of hydrogen-bond acceptors (Lipinski definition) is 4. The van der Waals surface area contributed by atoms with Gasteiger partial charge in [-0.05, 0) is 49.9 Å². The van der Waals surface area contributed by atoms with Crippen LogP contribution in [0.4, 0.5) is 5.69 Å². The molecular formula is C25H29N3O2S2. The van der Waals surface area contributed by atoms with Gasteiger partial charge >= 0.3 is 0 Å². The quantitative estimate of drug-likeness (QED) is 0.480. The summed E-state index contributed by atoms with van der Waals surface area (Å²) in [6.45, 7) is 1.24. The van der Waals surface area contributed by atoms with Crippen molar-refractivity contribution in [3.05, 3.63) is 64.8 Å². The van der Waals surface area contributed by atoms with Crippen LogP contribution in [-0.4, -0.2) is 30.4 Å². The van der Waals surface area contributed by atoms with Crippen LogP contribution in [0.15, 0.2) is 69.9 Å². The lowest BCUT2D eigenvalue weighted by molar-refractivity contribution is 0.351. The first-order valence-corrected chi connectivity index (χ1v) is 13.9. The van der Waals surface area contributed by atoms with Crippen LogP contribution in [0.1, 0.15) is 51.0 Å². The molecule has 168 valence electrons. The summed E-state index contributed by atoms with van der Waals surface area (Å²) in [4.78, 5) is 6.32. The molecular weight excluding hydrogens is 438 g/mol. The molecule has 2 fully saturated rings. The predicted molar refractivity (Wildman–Crippen MR) is 130 cm³/mol. The van der Waals surface area contributed by atoms with Gasteiger partial charge in [0.05, 0.1) is 16.3 Å². The Hall–Kier alpha value is -2.22. The molecule has 1 saturated carbocycles. The Bertz CT molecular complexity index is 1230. The predicted octanol–water partition coefficient (Wildman–Crippen LogP) is 5.74. The van der Waals surface area contributed by atoms with Crippen molar-refractivity contribution < 1.29 is 8.42 Å². The average molecular weight is 468 g/mol. The molecule has 1 aromatic heterocycles. The van der Waals surface area contributed by atoms with Crippen LogP contribution in [0.3, 0.4) is 0 Å². The topological polar surface area (TPSA) is 54.7 Å². The fourth-order valence-corrected chi connectivity index (χ4v) is 7.36. The zero-order valence-electron chi connectivity index (χ0n) is 18.2. The van der Waals surface area contributed by atoms with Crippen LogP contribution in [0.25, 0.3) is 11.3 Å². The number of aromatic nitrogens is 1. The normalized spacial score (nSPS) is 18.9. The molecule has 1 aliphatic heterocycles. The fraction of sp³-hybridized carbons (Fsp3) is 0.400. The van der Waals surface area contributed by atoms with Crippen LogP contribution < -0.4 is 4.80 Å². The van der Waals surface area contributed by atoms with Gasteiger partial charge in [0.1, 0.15) is 0 Å². The van der Waals surface area contributed by atoms with Crippen molar-refractivity contribution in [2.75, 3.05) is 13.1 Å². The number of nitrogens with zero attached hydrogens (tertiary/aromatic N) is 3. The molecule has 1 aliphatic carbocycles.